The molecule has 7 nitrogen and oxygen atoms in total. The largest absolute Gasteiger partial charge is 0.493 e. The molecule has 9 heteroatoms. The van der Waals surface area contributed by atoms with E-state index in [2.05, 4.69) is 26.0 Å². The molecule has 0 unspecified atom stereocenters. The Morgan fingerprint density at radius 3 is 2.62 bits per heavy atom. The van der Waals surface area contributed by atoms with Crippen LogP contribution in [0.3, 0.4) is 0 Å². The summed E-state index contributed by atoms with van der Waals surface area (Å²) in [6.45, 7) is 0. The number of ether oxygens (including phenoxy) is 2. The average Bonchev–Trinajstić information content (AvgIpc) is 3.51. The van der Waals surface area contributed by atoms with Crippen LogP contribution in [0.4, 0.5) is 0 Å². The van der Waals surface area contributed by atoms with Gasteiger partial charge in [0.25, 0.3) is 5.56 Å². The molecule has 0 radical (unpaired) electrons. The summed E-state index contributed by atoms with van der Waals surface area (Å²) in [4.78, 5) is 17.9. The number of methoxy groups -OCH3 is 2. The van der Waals surface area contributed by atoms with E-state index >= 15 is 0 Å². The molecule has 0 saturated carbocycles. The van der Waals surface area contributed by atoms with Crippen molar-refractivity contribution in [2.24, 2.45) is 0 Å². The quantitative estimate of drug-likeness (QED) is 0.349. The van der Waals surface area contributed by atoms with Crippen LogP contribution in [0.15, 0.2) is 68.3 Å². The summed E-state index contributed by atoms with van der Waals surface area (Å²) in [6, 6.07) is 16.9. The predicted octanol–water partition coefficient (Wildman–Crippen LogP) is 4.41. The summed E-state index contributed by atoms with van der Waals surface area (Å²) < 4.78 is 19.3. The van der Waals surface area contributed by atoms with Crippen molar-refractivity contribution in [3.63, 3.8) is 0 Å². The van der Waals surface area contributed by atoms with Gasteiger partial charge in [-0.25, -0.2) is 0 Å². The molecule has 0 aliphatic carbocycles. The van der Waals surface area contributed by atoms with Crippen molar-refractivity contribution in [1.82, 2.24) is 14.6 Å². The average molecular weight is 510 g/mol. The molecule has 0 fully saturated rings. The monoisotopic (exact) mass is 509 g/mol. The van der Waals surface area contributed by atoms with Gasteiger partial charge in [0, 0.05) is 21.7 Å². The van der Waals surface area contributed by atoms with E-state index in [0.29, 0.717) is 32.6 Å². The molecular formula is C23H16BrN3O4S. The van der Waals surface area contributed by atoms with Crippen LogP contribution < -0.4 is 19.6 Å². The summed E-state index contributed by atoms with van der Waals surface area (Å²) >= 11 is 4.72. The minimum absolute atomic E-state index is 0.246. The molecule has 3 heterocycles. The topological polar surface area (TPSA) is 78.9 Å². The number of hydrogen-bond acceptors (Lipinski definition) is 7. The number of thiazole rings is 1. The van der Waals surface area contributed by atoms with Crippen molar-refractivity contribution in [2.75, 3.05) is 14.2 Å². The number of rotatable bonds is 5. The van der Waals surface area contributed by atoms with Gasteiger partial charge in [-0.2, -0.15) is 9.50 Å². The Labute approximate surface area is 194 Å². The molecule has 0 spiro atoms. The number of hydrogen-bond donors (Lipinski definition) is 0. The molecule has 160 valence electrons. The third-order valence-electron chi connectivity index (χ3n) is 4.83. The van der Waals surface area contributed by atoms with Crippen LogP contribution in [0.25, 0.3) is 33.7 Å². The predicted molar refractivity (Wildman–Crippen MR) is 126 cm³/mol. The molecule has 0 aliphatic rings. The lowest BCUT2D eigenvalue weighted by Crippen LogP contribution is -2.23. The Kier molecular flexibility index (Phi) is 5.28. The molecule has 5 aromatic rings. The second kappa shape index (κ2) is 8.25. The third kappa shape index (κ3) is 3.69. The lowest BCUT2D eigenvalue weighted by Gasteiger charge is -2.07. The van der Waals surface area contributed by atoms with Crippen LogP contribution in [-0.2, 0) is 0 Å². The molecule has 0 aliphatic heterocycles. The van der Waals surface area contributed by atoms with E-state index in [9.17, 15) is 4.79 Å². The van der Waals surface area contributed by atoms with E-state index in [4.69, 9.17) is 13.9 Å². The molecule has 0 atom stereocenters. The molecule has 0 N–H and O–H groups in total. The fraction of sp³-hybridized carbons (Fsp3) is 0.0870. The number of nitrogens with zero attached hydrogens (tertiary/aromatic N) is 3. The zero-order valence-corrected chi connectivity index (χ0v) is 19.4. The number of aromatic nitrogens is 3. The van der Waals surface area contributed by atoms with Crippen molar-refractivity contribution in [3.05, 3.63) is 79.7 Å². The van der Waals surface area contributed by atoms with E-state index < -0.39 is 0 Å². The lowest BCUT2D eigenvalue weighted by atomic mass is 10.2. The number of fused-ring (bicyclic) bond motifs is 1. The fourth-order valence-electron chi connectivity index (χ4n) is 3.29. The standard InChI is InChI=1S/C23H16BrN3O4S/c1-29-18-8-6-14(11-19(18)30-2)21-25-23-27(26-21)22(28)20(32-23)12-16-7-9-17(31-16)13-4-3-5-15(24)10-13/h3-12H,1-2H3/b20-12-. The molecule has 0 bridgehead atoms. The van der Waals surface area contributed by atoms with Gasteiger partial charge in [0.1, 0.15) is 16.1 Å². The number of halogens is 1. The van der Waals surface area contributed by atoms with Crippen molar-refractivity contribution < 1.29 is 13.9 Å². The van der Waals surface area contributed by atoms with E-state index in [0.717, 1.165) is 21.4 Å². The molecule has 3 aromatic heterocycles. The highest BCUT2D eigenvalue weighted by molar-refractivity contribution is 9.10. The van der Waals surface area contributed by atoms with Gasteiger partial charge in [0.15, 0.2) is 17.3 Å². The highest BCUT2D eigenvalue weighted by Gasteiger charge is 2.14. The Morgan fingerprint density at radius 2 is 1.88 bits per heavy atom. The Balaban J connectivity index is 1.50. The summed E-state index contributed by atoms with van der Waals surface area (Å²) in [5, 5.41) is 4.39. The van der Waals surface area contributed by atoms with E-state index in [1.165, 1.54) is 15.9 Å². The smallest absolute Gasteiger partial charge is 0.291 e. The maximum Gasteiger partial charge on any atom is 0.291 e. The zero-order valence-electron chi connectivity index (χ0n) is 17.0. The van der Waals surface area contributed by atoms with Gasteiger partial charge in [0.05, 0.1) is 14.2 Å². The van der Waals surface area contributed by atoms with Crippen molar-refractivity contribution in [3.8, 4) is 34.2 Å². The van der Waals surface area contributed by atoms with Gasteiger partial charge >= 0.3 is 0 Å². The van der Waals surface area contributed by atoms with Gasteiger partial charge < -0.3 is 13.9 Å². The third-order valence-corrected chi connectivity index (χ3v) is 6.29. The van der Waals surface area contributed by atoms with Crippen LogP contribution in [0.5, 0.6) is 11.5 Å². The van der Waals surface area contributed by atoms with Crippen molar-refractivity contribution in [1.29, 1.82) is 0 Å². The first kappa shape index (κ1) is 20.5. The molecular weight excluding hydrogens is 494 g/mol. The minimum atomic E-state index is -0.246. The highest BCUT2D eigenvalue weighted by atomic mass is 79.9. The first-order chi connectivity index (χ1) is 15.6. The lowest BCUT2D eigenvalue weighted by molar-refractivity contribution is 0.355. The van der Waals surface area contributed by atoms with Crippen molar-refractivity contribution in [2.45, 2.75) is 0 Å². The normalized spacial score (nSPS) is 11.9. The maximum absolute atomic E-state index is 12.9. The number of furan rings is 1. The second-order valence-electron chi connectivity index (χ2n) is 6.83. The summed E-state index contributed by atoms with van der Waals surface area (Å²) in [5.41, 5.74) is 1.43. The summed E-state index contributed by atoms with van der Waals surface area (Å²) in [7, 11) is 3.14. The van der Waals surface area contributed by atoms with Gasteiger partial charge in [0.2, 0.25) is 4.96 Å². The SMILES string of the molecule is COc1ccc(-c2nc3s/c(=C\c4ccc(-c5cccc(Br)c5)o4)c(=O)n3n2)cc1OC. The Bertz CT molecular complexity index is 1550. The van der Waals surface area contributed by atoms with Crippen molar-refractivity contribution >= 4 is 38.3 Å². The molecule has 5 rings (SSSR count). The molecule has 0 amide bonds. The highest BCUT2D eigenvalue weighted by Crippen LogP contribution is 2.31. The van der Waals surface area contributed by atoms with Gasteiger partial charge in [-0.15, -0.1) is 5.10 Å². The summed E-state index contributed by atoms with van der Waals surface area (Å²) in [6.07, 6.45) is 1.71. The molecule has 32 heavy (non-hydrogen) atoms. The van der Waals surface area contributed by atoms with Crippen LogP contribution in [0.2, 0.25) is 0 Å². The van der Waals surface area contributed by atoms with Crippen LogP contribution in [-0.4, -0.2) is 28.8 Å². The fourth-order valence-corrected chi connectivity index (χ4v) is 4.57. The number of benzene rings is 2. The molecule has 0 saturated heterocycles. The summed E-state index contributed by atoms with van der Waals surface area (Å²) in [5.74, 6) is 2.93. The Morgan fingerprint density at radius 1 is 1.03 bits per heavy atom. The Hall–Kier alpha value is -3.43. The van der Waals surface area contributed by atoms with E-state index in [1.54, 1.807) is 32.4 Å². The van der Waals surface area contributed by atoms with E-state index in [1.807, 2.05) is 42.5 Å². The second-order valence-corrected chi connectivity index (χ2v) is 8.75. The first-order valence-electron chi connectivity index (χ1n) is 9.55. The first-order valence-corrected chi connectivity index (χ1v) is 11.2. The van der Waals surface area contributed by atoms with Gasteiger partial charge in [-0.3, -0.25) is 4.79 Å². The van der Waals surface area contributed by atoms with Gasteiger partial charge in [-0.1, -0.05) is 39.4 Å². The minimum Gasteiger partial charge on any atom is -0.493 e. The zero-order chi connectivity index (χ0) is 22.2. The van der Waals surface area contributed by atoms with E-state index in [-0.39, 0.29) is 5.56 Å². The van der Waals surface area contributed by atoms with Crippen LogP contribution in [0, 0.1) is 0 Å². The maximum atomic E-state index is 12.9. The van der Waals surface area contributed by atoms with Crippen LogP contribution in [0.1, 0.15) is 5.76 Å². The molecule has 2 aromatic carbocycles. The van der Waals surface area contributed by atoms with Gasteiger partial charge in [-0.05, 0) is 42.5 Å². The van der Waals surface area contributed by atoms with Crippen LogP contribution >= 0.6 is 27.3 Å².